The zero-order valence-corrected chi connectivity index (χ0v) is 13.8. The van der Waals surface area contributed by atoms with Crippen LogP contribution < -0.4 is 0 Å². The summed E-state index contributed by atoms with van der Waals surface area (Å²) in [4.78, 5) is 24.3. The van der Waals surface area contributed by atoms with Gasteiger partial charge in [0, 0.05) is 5.56 Å². The highest BCUT2D eigenvalue weighted by atomic mass is 16.5. The predicted molar refractivity (Wildman–Crippen MR) is 89.7 cm³/mol. The van der Waals surface area contributed by atoms with Gasteiger partial charge in [0.05, 0.1) is 11.3 Å². The Hall–Kier alpha value is -3.35. The zero-order valence-electron chi connectivity index (χ0n) is 13.8. The van der Waals surface area contributed by atoms with Gasteiger partial charge in [-0.15, -0.1) is 5.10 Å². The molecule has 7 heteroatoms. The highest BCUT2D eigenvalue weighted by Gasteiger charge is 2.14. The van der Waals surface area contributed by atoms with Crippen LogP contribution in [0.1, 0.15) is 31.8 Å². The summed E-state index contributed by atoms with van der Waals surface area (Å²) in [5.41, 5.74) is 3.58. The molecule has 0 aliphatic carbocycles. The average Bonchev–Trinajstić information content (AvgIpc) is 3.14. The van der Waals surface area contributed by atoms with Crippen LogP contribution in [-0.4, -0.2) is 38.6 Å². The molecule has 0 spiro atoms. The van der Waals surface area contributed by atoms with Gasteiger partial charge < -0.3 is 4.74 Å². The topological polar surface area (TPSA) is 87.0 Å². The van der Waals surface area contributed by atoms with Crippen molar-refractivity contribution in [2.45, 2.75) is 13.8 Å². The van der Waals surface area contributed by atoms with Crippen molar-refractivity contribution < 1.29 is 14.3 Å². The van der Waals surface area contributed by atoms with Gasteiger partial charge in [0.1, 0.15) is 6.33 Å². The van der Waals surface area contributed by atoms with Crippen molar-refractivity contribution in [1.29, 1.82) is 0 Å². The summed E-state index contributed by atoms with van der Waals surface area (Å²) in [5, 5.41) is 10.9. The van der Waals surface area contributed by atoms with Crippen LogP contribution in [0.4, 0.5) is 0 Å². The molecule has 1 heterocycles. The van der Waals surface area contributed by atoms with Crippen LogP contribution in [0.25, 0.3) is 5.69 Å². The first-order valence-electron chi connectivity index (χ1n) is 7.65. The van der Waals surface area contributed by atoms with E-state index in [1.165, 1.54) is 11.0 Å². The molecule has 0 saturated carbocycles. The van der Waals surface area contributed by atoms with Gasteiger partial charge in [-0.3, -0.25) is 4.79 Å². The van der Waals surface area contributed by atoms with Crippen LogP contribution >= 0.6 is 0 Å². The quantitative estimate of drug-likeness (QED) is 0.525. The van der Waals surface area contributed by atoms with Crippen LogP contribution in [0.2, 0.25) is 0 Å². The number of Topliss-reactive ketones (excluding diaryl/α,β-unsaturated/α-hetero) is 1. The molecule has 0 aliphatic rings. The lowest BCUT2D eigenvalue weighted by atomic mass is 10.0. The van der Waals surface area contributed by atoms with E-state index in [0.29, 0.717) is 16.8 Å². The molecule has 0 aliphatic heterocycles. The van der Waals surface area contributed by atoms with E-state index >= 15 is 0 Å². The van der Waals surface area contributed by atoms with Gasteiger partial charge in [-0.25, -0.2) is 9.48 Å². The van der Waals surface area contributed by atoms with Crippen molar-refractivity contribution >= 4 is 11.8 Å². The Labute approximate surface area is 144 Å². The van der Waals surface area contributed by atoms with Crippen LogP contribution in [-0.2, 0) is 4.74 Å². The molecule has 0 N–H and O–H groups in total. The van der Waals surface area contributed by atoms with Crippen LogP contribution in [0.3, 0.4) is 0 Å². The highest BCUT2D eigenvalue weighted by Crippen LogP contribution is 2.13. The lowest BCUT2D eigenvalue weighted by Gasteiger charge is -2.08. The second-order valence-electron chi connectivity index (χ2n) is 5.62. The molecule has 126 valence electrons. The van der Waals surface area contributed by atoms with Gasteiger partial charge in [-0.2, -0.15) is 0 Å². The first-order chi connectivity index (χ1) is 12.0. The molecule has 3 rings (SSSR count). The fourth-order valence-electron chi connectivity index (χ4n) is 2.45. The van der Waals surface area contributed by atoms with Crippen LogP contribution in [0, 0.1) is 13.8 Å². The van der Waals surface area contributed by atoms with Gasteiger partial charge in [0.25, 0.3) is 0 Å². The minimum Gasteiger partial charge on any atom is -0.454 e. The summed E-state index contributed by atoms with van der Waals surface area (Å²) in [7, 11) is 0. The molecule has 1 aromatic heterocycles. The third-order valence-electron chi connectivity index (χ3n) is 3.73. The van der Waals surface area contributed by atoms with E-state index in [2.05, 4.69) is 15.5 Å². The van der Waals surface area contributed by atoms with Crippen molar-refractivity contribution in [2.24, 2.45) is 0 Å². The number of hydrogen-bond donors (Lipinski definition) is 0. The van der Waals surface area contributed by atoms with Crippen molar-refractivity contribution in [3.8, 4) is 5.69 Å². The van der Waals surface area contributed by atoms with Crippen molar-refractivity contribution in [3.63, 3.8) is 0 Å². The number of ketones is 1. The summed E-state index contributed by atoms with van der Waals surface area (Å²) in [6.45, 7) is 3.53. The number of ether oxygens (including phenoxy) is 1. The third kappa shape index (κ3) is 3.77. The Morgan fingerprint density at radius 1 is 1.08 bits per heavy atom. The number of benzene rings is 2. The number of rotatable bonds is 5. The van der Waals surface area contributed by atoms with Gasteiger partial charge in [-0.1, -0.05) is 23.8 Å². The van der Waals surface area contributed by atoms with E-state index in [4.69, 9.17) is 4.74 Å². The second kappa shape index (κ2) is 7.04. The van der Waals surface area contributed by atoms with E-state index in [1.807, 2.05) is 26.0 Å². The van der Waals surface area contributed by atoms with Crippen molar-refractivity contribution in [3.05, 3.63) is 71.0 Å². The van der Waals surface area contributed by atoms with Gasteiger partial charge in [0.2, 0.25) is 5.78 Å². The normalized spacial score (nSPS) is 10.5. The Balaban J connectivity index is 1.63. The molecule has 0 atom stereocenters. The highest BCUT2D eigenvalue weighted by molar-refractivity contribution is 6.00. The number of carbonyl (C=O) groups is 2. The van der Waals surface area contributed by atoms with E-state index in [0.717, 1.165) is 11.1 Å². The second-order valence-corrected chi connectivity index (χ2v) is 5.62. The lowest BCUT2D eigenvalue weighted by molar-refractivity contribution is 0.0474. The molecule has 0 fully saturated rings. The number of carbonyl (C=O) groups excluding carboxylic acids is 2. The number of hydrogen-bond acceptors (Lipinski definition) is 6. The molecule has 3 aromatic rings. The number of aryl methyl sites for hydroxylation is 2. The fraction of sp³-hybridized carbons (Fsp3) is 0.167. The lowest BCUT2D eigenvalue weighted by Crippen LogP contribution is -2.15. The largest absolute Gasteiger partial charge is 0.454 e. The average molecular weight is 336 g/mol. The standard InChI is InChI=1S/C18H16N4O3/c1-12-3-8-16(13(2)9-12)17(23)10-25-18(24)14-4-6-15(7-5-14)22-11-19-20-21-22/h3-9,11H,10H2,1-2H3. The molecule has 2 aromatic carbocycles. The minimum absolute atomic E-state index is 0.226. The first kappa shape index (κ1) is 16.5. The monoisotopic (exact) mass is 336 g/mol. The Morgan fingerprint density at radius 3 is 2.48 bits per heavy atom. The van der Waals surface area contributed by atoms with E-state index in [-0.39, 0.29) is 12.4 Å². The molecule has 0 unspecified atom stereocenters. The zero-order chi connectivity index (χ0) is 17.8. The Bertz CT molecular complexity index is 903. The summed E-state index contributed by atoms with van der Waals surface area (Å²) in [5.74, 6) is -0.780. The molecule has 25 heavy (non-hydrogen) atoms. The maximum absolute atomic E-state index is 12.2. The van der Waals surface area contributed by atoms with Gasteiger partial charge in [0.15, 0.2) is 6.61 Å². The molecular formula is C18H16N4O3. The van der Waals surface area contributed by atoms with E-state index in [9.17, 15) is 9.59 Å². The van der Waals surface area contributed by atoms with E-state index in [1.54, 1.807) is 30.3 Å². The van der Waals surface area contributed by atoms with Gasteiger partial charge in [-0.05, 0) is 54.1 Å². The Kier molecular flexibility index (Phi) is 4.65. The number of aromatic nitrogens is 4. The molecule has 0 saturated heterocycles. The molecule has 7 nitrogen and oxygen atoms in total. The smallest absolute Gasteiger partial charge is 0.338 e. The van der Waals surface area contributed by atoms with E-state index < -0.39 is 5.97 Å². The van der Waals surface area contributed by atoms with Gasteiger partial charge >= 0.3 is 5.97 Å². The number of nitrogens with zero attached hydrogens (tertiary/aromatic N) is 4. The number of esters is 1. The maximum Gasteiger partial charge on any atom is 0.338 e. The minimum atomic E-state index is -0.554. The molecule has 0 amide bonds. The molecule has 0 radical (unpaired) electrons. The first-order valence-corrected chi connectivity index (χ1v) is 7.65. The summed E-state index contributed by atoms with van der Waals surface area (Å²) in [6.07, 6.45) is 1.45. The third-order valence-corrected chi connectivity index (χ3v) is 3.73. The summed E-state index contributed by atoms with van der Waals surface area (Å²) < 4.78 is 6.60. The predicted octanol–water partition coefficient (Wildman–Crippen LogP) is 2.32. The fourth-order valence-corrected chi connectivity index (χ4v) is 2.45. The molecular weight excluding hydrogens is 320 g/mol. The summed E-state index contributed by atoms with van der Waals surface area (Å²) in [6, 6.07) is 12.1. The molecule has 0 bridgehead atoms. The van der Waals surface area contributed by atoms with Crippen LogP contribution in [0.15, 0.2) is 48.8 Å². The number of tetrazole rings is 1. The summed E-state index contributed by atoms with van der Waals surface area (Å²) >= 11 is 0. The SMILES string of the molecule is Cc1ccc(C(=O)COC(=O)c2ccc(-n3cnnn3)cc2)c(C)c1. The van der Waals surface area contributed by atoms with Crippen molar-refractivity contribution in [1.82, 2.24) is 20.2 Å². The maximum atomic E-state index is 12.2. The van der Waals surface area contributed by atoms with Crippen molar-refractivity contribution in [2.75, 3.05) is 6.61 Å². The Morgan fingerprint density at radius 2 is 1.84 bits per heavy atom. The van der Waals surface area contributed by atoms with Crippen LogP contribution in [0.5, 0.6) is 0 Å².